The molecule has 1 aromatic carbocycles. The molecule has 0 aliphatic heterocycles. The monoisotopic (exact) mass is 206 g/mol. The van der Waals surface area contributed by atoms with E-state index in [0.29, 0.717) is 0 Å². The van der Waals surface area contributed by atoms with E-state index in [9.17, 15) is 4.21 Å². The van der Waals surface area contributed by atoms with E-state index in [0.717, 1.165) is 18.4 Å². The molecule has 13 heavy (non-hydrogen) atoms. The summed E-state index contributed by atoms with van der Waals surface area (Å²) < 4.78 is 19.8. The molecule has 2 unspecified atom stereocenters. The van der Waals surface area contributed by atoms with Crippen LogP contribution in [0.3, 0.4) is 0 Å². The molecule has 0 saturated heterocycles. The van der Waals surface area contributed by atoms with Gasteiger partial charge in [0.1, 0.15) is 0 Å². The molecular formula is C9H11NaO2S. The van der Waals surface area contributed by atoms with Crippen LogP contribution in [0.15, 0.2) is 24.3 Å². The van der Waals surface area contributed by atoms with Crippen molar-refractivity contribution in [3.8, 4) is 0 Å². The summed E-state index contributed by atoms with van der Waals surface area (Å²) in [6.07, 6.45) is 1.75. The molecule has 2 rings (SSSR count). The van der Waals surface area contributed by atoms with Gasteiger partial charge in [-0.3, -0.25) is 0 Å². The normalized spacial score (nSPS) is 21.8. The van der Waals surface area contributed by atoms with Gasteiger partial charge in [-0.2, -0.15) is 0 Å². The topological polar surface area (TPSA) is 37.3 Å². The molecular weight excluding hydrogens is 195 g/mol. The zero-order chi connectivity index (χ0) is 8.55. The van der Waals surface area contributed by atoms with E-state index in [1.54, 1.807) is 0 Å². The Morgan fingerprint density at radius 1 is 1.46 bits per heavy atom. The molecule has 1 aliphatic rings. The summed E-state index contributed by atoms with van der Waals surface area (Å²) in [5, 5.41) is -0.152. The Kier molecular flexibility index (Phi) is 4.13. The minimum Gasteiger partial charge on any atom is -1.00 e. The van der Waals surface area contributed by atoms with Crippen LogP contribution in [0.1, 0.15) is 24.2 Å². The van der Waals surface area contributed by atoms with Crippen molar-refractivity contribution < 1.29 is 39.7 Å². The van der Waals surface area contributed by atoms with Crippen molar-refractivity contribution in [3.63, 3.8) is 0 Å². The third kappa shape index (κ3) is 2.22. The first-order valence-corrected chi connectivity index (χ1v) is 5.13. The van der Waals surface area contributed by atoms with Crippen molar-refractivity contribution in [2.24, 2.45) is 0 Å². The maximum absolute atomic E-state index is 10.9. The summed E-state index contributed by atoms with van der Waals surface area (Å²) in [5.74, 6) is 0. The second-order valence-electron chi connectivity index (χ2n) is 3.00. The number of hydrogen-bond donors (Lipinski definition) is 1. The molecule has 0 saturated carbocycles. The molecule has 2 nitrogen and oxygen atoms in total. The zero-order valence-corrected chi connectivity index (χ0v) is 10.4. The average Bonchev–Trinajstić information content (AvgIpc) is 2.47. The Labute approximate surface area is 104 Å². The molecule has 66 valence electrons. The molecule has 0 aromatic heterocycles. The van der Waals surface area contributed by atoms with E-state index in [1.807, 2.05) is 24.3 Å². The van der Waals surface area contributed by atoms with E-state index in [4.69, 9.17) is 4.55 Å². The molecule has 1 N–H and O–H groups in total. The van der Waals surface area contributed by atoms with Gasteiger partial charge in [0.05, 0.1) is 5.25 Å². The molecule has 0 spiro atoms. The minimum atomic E-state index is -1.70. The molecule has 4 heteroatoms. The zero-order valence-electron chi connectivity index (χ0n) is 8.56. The van der Waals surface area contributed by atoms with Crippen LogP contribution in [0.25, 0.3) is 0 Å². The smallest absolute Gasteiger partial charge is 1.00 e. The van der Waals surface area contributed by atoms with Gasteiger partial charge in [0, 0.05) is 0 Å². The van der Waals surface area contributed by atoms with E-state index in [1.165, 1.54) is 5.56 Å². The van der Waals surface area contributed by atoms with Crippen molar-refractivity contribution in [3.05, 3.63) is 35.4 Å². The summed E-state index contributed by atoms with van der Waals surface area (Å²) in [6, 6.07) is 7.87. The van der Waals surface area contributed by atoms with Gasteiger partial charge in [0.2, 0.25) is 0 Å². The fourth-order valence-corrected chi connectivity index (χ4v) is 2.49. The van der Waals surface area contributed by atoms with Crippen LogP contribution in [0.2, 0.25) is 0 Å². The maximum Gasteiger partial charge on any atom is 1.00 e. The van der Waals surface area contributed by atoms with Crippen LogP contribution < -0.4 is 29.6 Å². The summed E-state index contributed by atoms with van der Waals surface area (Å²) in [4.78, 5) is 0. The second-order valence-corrected chi connectivity index (χ2v) is 4.12. The van der Waals surface area contributed by atoms with Crippen molar-refractivity contribution in [2.75, 3.05) is 0 Å². The number of hydrogen-bond acceptors (Lipinski definition) is 1. The second kappa shape index (κ2) is 4.71. The molecule has 2 atom stereocenters. The maximum atomic E-state index is 10.9. The first-order valence-electron chi connectivity index (χ1n) is 3.96. The van der Waals surface area contributed by atoms with Gasteiger partial charge in [0.25, 0.3) is 0 Å². The predicted molar refractivity (Wildman–Crippen MR) is 49.4 cm³/mol. The quantitative estimate of drug-likeness (QED) is 0.473. The average molecular weight is 206 g/mol. The third-order valence-electron chi connectivity index (χ3n) is 2.32. The van der Waals surface area contributed by atoms with E-state index < -0.39 is 11.1 Å². The molecule has 0 fully saturated rings. The van der Waals surface area contributed by atoms with Crippen LogP contribution in [-0.4, -0.2) is 8.76 Å². The fraction of sp³-hybridized carbons (Fsp3) is 0.333. The molecule has 0 heterocycles. The molecule has 0 bridgehead atoms. The third-order valence-corrected chi connectivity index (χ3v) is 3.30. The van der Waals surface area contributed by atoms with E-state index in [-0.39, 0.29) is 36.2 Å². The first kappa shape index (κ1) is 11.4. The Morgan fingerprint density at radius 3 is 2.85 bits per heavy atom. The number of benzene rings is 1. The van der Waals surface area contributed by atoms with Gasteiger partial charge in [-0.05, 0) is 24.0 Å². The Balaban J connectivity index is 0.000000845. The van der Waals surface area contributed by atoms with Gasteiger partial charge in [0.15, 0.2) is 11.1 Å². The van der Waals surface area contributed by atoms with Crippen LogP contribution in [-0.2, 0) is 17.5 Å². The van der Waals surface area contributed by atoms with Gasteiger partial charge >= 0.3 is 29.6 Å². The Bertz CT molecular complexity index is 332. The van der Waals surface area contributed by atoms with E-state index in [2.05, 4.69) is 0 Å². The predicted octanol–water partition coefficient (Wildman–Crippen LogP) is -0.988. The van der Waals surface area contributed by atoms with E-state index >= 15 is 0 Å². The number of aryl methyl sites for hydroxylation is 1. The van der Waals surface area contributed by atoms with Gasteiger partial charge < -0.3 is 5.98 Å². The molecule has 0 radical (unpaired) electrons. The number of rotatable bonds is 1. The van der Waals surface area contributed by atoms with Gasteiger partial charge in [-0.15, -0.1) is 0 Å². The molecule has 1 aromatic rings. The molecule has 0 amide bonds. The van der Waals surface area contributed by atoms with Crippen LogP contribution >= 0.6 is 0 Å². The summed E-state index contributed by atoms with van der Waals surface area (Å²) in [7, 11) is 0. The summed E-state index contributed by atoms with van der Waals surface area (Å²) in [6.45, 7) is 0. The Morgan fingerprint density at radius 2 is 2.15 bits per heavy atom. The largest absolute Gasteiger partial charge is 1.00 e. The van der Waals surface area contributed by atoms with Crippen molar-refractivity contribution in [2.45, 2.75) is 18.1 Å². The first-order chi connectivity index (χ1) is 5.79. The standard InChI is InChI=1S/C9H10O2S.Na.H/c10-12(11)9-6-5-7-3-1-2-4-8(7)9;;/h1-4,9H,5-6H2,(H,10,11);;/q;+1;-1. The number of fused-ring (bicyclic) bond motifs is 1. The van der Waals surface area contributed by atoms with Crippen LogP contribution in [0.4, 0.5) is 0 Å². The Hall–Kier alpha value is 0.330. The summed E-state index contributed by atoms with van der Waals surface area (Å²) in [5.41, 5.74) is 2.28. The van der Waals surface area contributed by atoms with Gasteiger partial charge in [-0.25, -0.2) is 4.21 Å². The minimum absolute atomic E-state index is 0. The summed E-state index contributed by atoms with van der Waals surface area (Å²) >= 11 is -1.70. The van der Waals surface area contributed by atoms with Gasteiger partial charge in [-0.1, -0.05) is 24.3 Å². The van der Waals surface area contributed by atoms with Crippen molar-refractivity contribution in [1.29, 1.82) is 0 Å². The van der Waals surface area contributed by atoms with Crippen LogP contribution in [0.5, 0.6) is 0 Å². The SMILES string of the molecule is O=S(O)C1CCc2ccccc21.[H-].[Na+]. The van der Waals surface area contributed by atoms with Crippen LogP contribution in [0, 0.1) is 0 Å². The molecule has 1 aliphatic carbocycles. The van der Waals surface area contributed by atoms with Crippen molar-refractivity contribution >= 4 is 11.1 Å². The fourth-order valence-electron chi connectivity index (χ4n) is 1.73. The van der Waals surface area contributed by atoms with Crippen molar-refractivity contribution in [1.82, 2.24) is 0 Å².